The van der Waals surface area contributed by atoms with Crippen LogP contribution in [0, 0.1) is 13.8 Å². The van der Waals surface area contributed by atoms with Crippen molar-refractivity contribution in [3.8, 4) is 11.5 Å². The fraction of sp³-hybridized carbons (Fsp3) is 0.467. The molecule has 1 rings (SSSR count). The van der Waals surface area contributed by atoms with E-state index in [1.54, 1.807) is 0 Å². The molecular formula is C15H21Br2NO2. The van der Waals surface area contributed by atoms with E-state index in [9.17, 15) is 0 Å². The molecule has 0 saturated heterocycles. The van der Waals surface area contributed by atoms with E-state index in [4.69, 9.17) is 15.2 Å². The summed E-state index contributed by atoms with van der Waals surface area (Å²) in [7, 11) is 0. The lowest BCUT2D eigenvalue weighted by Gasteiger charge is -2.14. The molecule has 1 aromatic carbocycles. The van der Waals surface area contributed by atoms with Gasteiger partial charge in [0, 0.05) is 0 Å². The van der Waals surface area contributed by atoms with E-state index in [0.29, 0.717) is 19.8 Å². The van der Waals surface area contributed by atoms with Crippen molar-refractivity contribution in [1.29, 1.82) is 0 Å². The lowest BCUT2D eigenvalue weighted by Crippen LogP contribution is -2.05. The van der Waals surface area contributed by atoms with E-state index in [2.05, 4.69) is 31.9 Å². The smallest absolute Gasteiger partial charge is 0.125 e. The first-order valence-electron chi connectivity index (χ1n) is 6.62. The Bertz CT molecular complexity index is 434. The minimum absolute atomic E-state index is 0.515. The molecule has 2 N–H and O–H groups in total. The zero-order chi connectivity index (χ0) is 15.0. The SMILES string of the molecule is Cc1cc(OCC=C(Br)Br)cc(C)c1OCCCCN. The second kappa shape index (κ2) is 9.42. The van der Waals surface area contributed by atoms with E-state index < -0.39 is 0 Å². The Labute approximate surface area is 137 Å². The van der Waals surface area contributed by atoms with E-state index in [-0.39, 0.29) is 0 Å². The average molecular weight is 407 g/mol. The Morgan fingerprint density at radius 1 is 1.15 bits per heavy atom. The van der Waals surface area contributed by atoms with Crippen LogP contribution in [0.25, 0.3) is 0 Å². The number of hydrogen-bond acceptors (Lipinski definition) is 3. The van der Waals surface area contributed by atoms with Gasteiger partial charge < -0.3 is 15.2 Å². The third kappa shape index (κ3) is 6.29. The van der Waals surface area contributed by atoms with Crippen LogP contribution in [0.4, 0.5) is 0 Å². The van der Waals surface area contributed by atoms with Crippen molar-refractivity contribution in [2.75, 3.05) is 19.8 Å². The highest BCUT2D eigenvalue weighted by atomic mass is 79.9. The van der Waals surface area contributed by atoms with E-state index in [0.717, 1.165) is 38.9 Å². The lowest BCUT2D eigenvalue weighted by atomic mass is 10.1. The molecule has 1 aromatic rings. The van der Waals surface area contributed by atoms with E-state index in [1.165, 1.54) is 0 Å². The molecule has 0 atom stereocenters. The predicted octanol–water partition coefficient (Wildman–Crippen LogP) is 4.43. The average Bonchev–Trinajstić information content (AvgIpc) is 2.36. The van der Waals surface area contributed by atoms with Crippen molar-refractivity contribution in [3.63, 3.8) is 0 Å². The number of aryl methyl sites for hydroxylation is 2. The largest absolute Gasteiger partial charge is 0.493 e. The van der Waals surface area contributed by atoms with Gasteiger partial charge in [-0.05, 0) is 94.4 Å². The van der Waals surface area contributed by atoms with Gasteiger partial charge in [-0.1, -0.05) is 0 Å². The monoisotopic (exact) mass is 405 g/mol. The Balaban J connectivity index is 2.63. The predicted molar refractivity (Wildman–Crippen MR) is 91.1 cm³/mol. The van der Waals surface area contributed by atoms with Crippen LogP contribution in [0.1, 0.15) is 24.0 Å². The van der Waals surface area contributed by atoms with Gasteiger partial charge in [0.15, 0.2) is 0 Å². The molecule has 0 bridgehead atoms. The zero-order valence-electron chi connectivity index (χ0n) is 11.9. The number of unbranched alkanes of at least 4 members (excludes halogenated alkanes) is 1. The summed E-state index contributed by atoms with van der Waals surface area (Å²) >= 11 is 6.60. The molecule has 0 unspecified atom stereocenters. The van der Waals surface area contributed by atoms with Crippen LogP contribution in [-0.2, 0) is 0 Å². The third-order valence-electron chi connectivity index (χ3n) is 2.77. The Kier molecular flexibility index (Phi) is 8.26. The second-order valence-corrected chi connectivity index (χ2v) is 7.31. The van der Waals surface area contributed by atoms with Crippen LogP contribution in [0.2, 0.25) is 0 Å². The minimum atomic E-state index is 0.515. The highest BCUT2D eigenvalue weighted by Crippen LogP contribution is 2.28. The summed E-state index contributed by atoms with van der Waals surface area (Å²) in [5.74, 6) is 1.80. The van der Waals surface area contributed by atoms with Crippen LogP contribution in [0.15, 0.2) is 21.6 Å². The van der Waals surface area contributed by atoms with E-state index >= 15 is 0 Å². The van der Waals surface area contributed by atoms with Gasteiger partial charge in [0.05, 0.1) is 10.00 Å². The summed E-state index contributed by atoms with van der Waals surface area (Å²) in [4.78, 5) is 0. The first-order valence-corrected chi connectivity index (χ1v) is 8.21. The quantitative estimate of drug-likeness (QED) is 0.649. The molecule has 0 radical (unpaired) electrons. The van der Waals surface area contributed by atoms with Gasteiger partial charge in [-0.15, -0.1) is 0 Å². The summed E-state index contributed by atoms with van der Waals surface area (Å²) in [5.41, 5.74) is 7.66. The maximum atomic E-state index is 5.83. The first kappa shape index (κ1) is 17.5. The van der Waals surface area contributed by atoms with Crippen molar-refractivity contribution in [3.05, 3.63) is 32.7 Å². The second-order valence-electron chi connectivity index (χ2n) is 4.54. The van der Waals surface area contributed by atoms with Crippen LogP contribution in [0.5, 0.6) is 11.5 Å². The molecular weight excluding hydrogens is 386 g/mol. The zero-order valence-corrected chi connectivity index (χ0v) is 15.1. The van der Waals surface area contributed by atoms with Crippen LogP contribution in [0.3, 0.4) is 0 Å². The Morgan fingerprint density at radius 2 is 1.80 bits per heavy atom. The van der Waals surface area contributed by atoms with Gasteiger partial charge in [0.2, 0.25) is 0 Å². The number of nitrogens with two attached hydrogens (primary N) is 1. The van der Waals surface area contributed by atoms with Gasteiger partial charge in [-0.3, -0.25) is 0 Å². The van der Waals surface area contributed by atoms with Crippen molar-refractivity contribution < 1.29 is 9.47 Å². The molecule has 0 amide bonds. The van der Waals surface area contributed by atoms with Gasteiger partial charge in [0.1, 0.15) is 18.1 Å². The number of halogens is 2. The van der Waals surface area contributed by atoms with E-state index in [1.807, 2.05) is 32.1 Å². The standard InChI is InChI=1S/C15H21Br2NO2/c1-11-9-13(19-8-5-14(16)17)10-12(2)15(11)20-7-4-3-6-18/h5,9-10H,3-4,6-8,18H2,1-2H3. The van der Waals surface area contributed by atoms with Gasteiger partial charge in [0.25, 0.3) is 0 Å². The Morgan fingerprint density at radius 3 is 2.35 bits per heavy atom. The summed E-state index contributed by atoms with van der Waals surface area (Å²) in [5, 5.41) is 0. The molecule has 0 aliphatic heterocycles. The molecule has 0 aliphatic carbocycles. The topological polar surface area (TPSA) is 44.5 Å². The van der Waals surface area contributed by atoms with Crippen molar-refractivity contribution >= 4 is 31.9 Å². The Hall–Kier alpha value is -0.520. The fourth-order valence-electron chi connectivity index (χ4n) is 1.84. The summed E-state index contributed by atoms with van der Waals surface area (Å²) < 4.78 is 12.4. The molecule has 0 heterocycles. The molecule has 5 heteroatoms. The molecule has 3 nitrogen and oxygen atoms in total. The van der Waals surface area contributed by atoms with Crippen LogP contribution in [-0.4, -0.2) is 19.8 Å². The van der Waals surface area contributed by atoms with Crippen LogP contribution >= 0.6 is 31.9 Å². The maximum Gasteiger partial charge on any atom is 0.125 e. The number of benzene rings is 1. The first-order chi connectivity index (χ1) is 9.54. The minimum Gasteiger partial charge on any atom is -0.493 e. The van der Waals surface area contributed by atoms with Crippen molar-refractivity contribution in [1.82, 2.24) is 0 Å². The van der Waals surface area contributed by atoms with Gasteiger partial charge >= 0.3 is 0 Å². The van der Waals surface area contributed by atoms with Gasteiger partial charge in [-0.2, -0.15) is 0 Å². The molecule has 0 aliphatic rings. The molecule has 0 spiro atoms. The molecule has 0 aromatic heterocycles. The third-order valence-corrected chi connectivity index (χ3v) is 3.41. The highest BCUT2D eigenvalue weighted by molar-refractivity contribution is 9.28. The fourth-order valence-corrected chi connectivity index (χ4v) is 2.11. The van der Waals surface area contributed by atoms with Crippen molar-refractivity contribution in [2.45, 2.75) is 26.7 Å². The number of rotatable bonds is 8. The molecule has 20 heavy (non-hydrogen) atoms. The maximum absolute atomic E-state index is 5.83. The molecule has 112 valence electrons. The summed E-state index contributed by atoms with van der Waals surface area (Å²) in [6.45, 7) is 6.01. The highest BCUT2D eigenvalue weighted by Gasteiger charge is 2.07. The number of hydrogen-bond donors (Lipinski definition) is 1. The molecule has 0 saturated carbocycles. The molecule has 0 fully saturated rings. The lowest BCUT2D eigenvalue weighted by molar-refractivity contribution is 0.302. The van der Waals surface area contributed by atoms with Crippen LogP contribution < -0.4 is 15.2 Å². The van der Waals surface area contributed by atoms with Gasteiger partial charge in [-0.25, -0.2) is 0 Å². The van der Waals surface area contributed by atoms with Crippen molar-refractivity contribution in [2.24, 2.45) is 5.73 Å². The summed E-state index contributed by atoms with van der Waals surface area (Å²) in [6.07, 6.45) is 3.88. The normalized spacial score (nSPS) is 10.2. The summed E-state index contributed by atoms with van der Waals surface area (Å²) in [6, 6.07) is 4.00. The number of ether oxygens (including phenoxy) is 2.